The van der Waals surface area contributed by atoms with Gasteiger partial charge in [0.05, 0.1) is 17.7 Å². The molecule has 0 atom stereocenters. The Kier molecular flexibility index (Phi) is 5.62. The van der Waals surface area contributed by atoms with Crippen molar-refractivity contribution in [3.05, 3.63) is 89.0 Å². The van der Waals surface area contributed by atoms with Crippen LogP contribution in [0.25, 0.3) is 11.0 Å². The van der Waals surface area contributed by atoms with E-state index in [4.69, 9.17) is 9.47 Å². The quantitative estimate of drug-likeness (QED) is 0.413. The van der Waals surface area contributed by atoms with E-state index in [1.165, 1.54) is 6.07 Å². The van der Waals surface area contributed by atoms with Gasteiger partial charge in [-0.3, -0.25) is 4.79 Å². The van der Waals surface area contributed by atoms with Gasteiger partial charge in [0.1, 0.15) is 29.7 Å². The fourth-order valence-corrected chi connectivity index (χ4v) is 3.25. The first kappa shape index (κ1) is 20.5. The lowest BCUT2D eigenvalue weighted by Gasteiger charge is -2.15. The molecule has 0 fully saturated rings. The number of aromatic amines is 1. The zero-order valence-electron chi connectivity index (χ0n) is 16.4. The van der Waals surface area contributed by atoms with E-state index in [0.29, 0.717) is 28.7 Å². The number of carbonyl (C=O) groups is 1. The Morgan fingerprint density at radius 2 is 1.81 bits per heavy atom. The number of hydrogen-bond donors (Lipinski definition) is 1. The summed E-state index contributed by atoms with van der Waals surface area (Å²) in [6.45, 7) is 1.46. The van der Waals surface area contributed by atoms with Crippen molar-refractivity contribution in [1.82, 2.24) is 9.97 Å². The number of pyridine rings is 1. The van der Waals surface area contributed by atoms with Gasteiger partial charge in [0.2, 0.25) is 0 Å². The highest BCUT2D eigenvalue weighted by molar-refractivity contribution is 6.17. The predicted molar refractivity (Wildman–Crippen MR) is 108 cm³/mol. The van der Waals surface area contributed by atoms with Crippen LogP contribution in [0, 0.1) is 17.5 Å². The molecule has 1 N–H and O–H groups in total. The molecule has 0 saturated heterocycles. The molecule has 0 spiro atoms. The van der Waals surface area contributed by atoms with Crippen molar-refractivity contribution >= 4 is 16.8 Å². The lowest BCUT2D eigenvalue weighted by Crippen LogP contribution is -2.08. The number of carbonyl (C=O) groups excluding carboxylic acids is 1. The molecule has 8 heteroatoms. The molecular weight excluding hydrogens is 409 g/mol. The number of halogens is 3. The Labute approximate surface area is 175 Å². The van der Waals surface area contributed by atoms with Gasteiger partial charge < -0.3 is 14.5 Å². The summed E-state index contributed by atoms with van der Waals surface area (Å²) in [6.07, 6.45) is 3.17. The van der Waals surface area contributed by atoms with Crippen molar-refractivity contribution in [2.24, 2.45) is 0 Å². The van der Waals surface area contributed by atoms with Crippen molar-refractivity contribution in [2.75, 3.05) is 6.61 Å². The molecule has 158 valence electrons. The maximum absolute atomic E-state index is 13.9. The summed E-state index contributed by atoms with van der Waals surface area (Å²) >= 11 is 0. The van der Waals surface area contributed by atoms with Crippen molar-refractivity contribution in [3.8, 4) is 11.5 Å². The van der Waals surface area contributed by atoms with E-state index in [2.05, 4.69) is 9.97 Å². The molecule has 0 aliphatic carbocycles. The van der Waals surface area contributed by atoms with E-state index in [9.17, 15) is 18.0 Å². The Morgan fingerprint density at radius 1 is 1.03 bits per heavy atom. The molecule has 0 bridgehead atoms. The van der Waals surface area contributed by atoms with Gasteiger partial charge in [0, 0.05) is 35.5 Å². The first-order valence-electron chi connectivity index (χ1n) is 9.48. The summed E-state index contributed by atoms with van der Waals surface area (Å²) in [5.41, 5.74) is 0.766. The molecule has 4 rings (SSSR count). The molecule has 31 heavy (non-hydrogen) atoms. The van der Waals surface area contributed by atoms with Gasteiger partial charge in [-0.05, 0) is 31.2 Å². The summed E-state index contributed by atoms with van der Waals surface area (Å²) in [4.78, 5) is 20.4. The van der Waals surface area contributed by atoms with Crippen molar-refractivity contribution in [2.45, 2.75) is 13.5 Å². The average Bonchev–Trinajstić information content (AvgIpc) is 3.17. The summed E-state index contributed by atoms with van der Waals surface area (Å²) in [5.74, 6) is -3.19. The van der Waals surface area contributed by atoms with Crippen LogP contribution in [0.15, 0.2) is 54.9 Å². The lowest BCUT2D eigenvalue weighted by molar-refractivity contribution is 0.103. The van der Waals surface area contributed by atoms with Gasteiger partial charge >= 0.3 is 0 Å². The highest BCUT2D eigenvalue weighted by Gasteiger charge is 2.22. The number of fused-ring (bicyclic) bond motifs is 1. The van der Waals surface area contributed by atoms with Crippen LogP contribution in [-0.2, 0) is 6.61 Å². The van der Waals surface area contributed by atoms with E-state index in [1.54, 1.807) is 43.6 Å². The topological polar surface area (TPSA) is 64.2 Å². The molecule has 0 aliphatic heterocycles. The Hall–Kier alpha value is -3.81. The number of rotatable bonds is 7. The molecule has 2 heterocycles. The van der Waals surface area contributed by atoms with Gasteiger partial charge in [0.15, 0.2) is 17.3 Å². The Bertz CT molecular complexity index is 1250. The number of H-pyrrole nitrogens is 1. The van der Waals surface area contributed by atoms with Crippen LogP contribution in [0.3, 0.4) is 0 Å². The highest BCUT2D eigenvalue weighted by atomic mass is 19.1. The van der Waals surface area contributed by atoms with Crippen LogP contribution in [0.2, 0.25) is 0 Å². The number of benzene rings is 2. The second kappa shape index (κ2) is 8.51. The highest BCUT2D eigenvalue weighted by Crippen LogP contribution is 2.35. The third-order valence-corrected chi connectivity index (χ3v) is 4.69. The first-order chi connectivity index (χ1) is 15.0. The largest absolute Gasteiger partial charge is 0.489 e. The summed E-state index contributed by atoms with van der Waals surface area (Å²) in [7, 11) is 0. The molecule has 5 nitrogen and oxygen atoms in total. The third kappa shape index (κ3) is 3.96. The molecule has 2 aromatic carbocycles. The summed E-state index contributed by atoms with van der Waals surface area (Å²) in [6, 6.07) is 9.34. The minimum atomic E-state index is -1.06. The Balaban J connectivity index is 1.69. The first-order valence-corrected chi connectivity index (χ1v) is 9.48. The van der Waals surface area contributed by atoms with Gasteiger partial charge in [-0.2, -0.15) is 0 Å². The summed E-state index contributed by atoms with van der Waals surface area (Å²) < 4.78 is 52.3. The number of nitrogens with zero attached hydrogens (tertiary/aromatic N) is 1. The molecule has 0 amide bonds. The molecule has 0 saturated carbocycles. The molecule has 2 aromatic heterocycles. The number of aromatic nitrogens is 2. The van der Waals surface area contributed by atoms with Crippen LogP contribution in [0.5, 0.6) is 11.5 Å². The van der Waals surface area contributed by atoms with Crippen LogP contribution in [0.1, 0.15) is 28.4 Å². The second-order valence-electron chi connectivity index (χ2n) is 6.63. The van der Waals surface area contributed by atoms with Crippen LogP contribution < -0.4 is 9.47 Å². The number of para-hydroxylation sites is 1. The minimum Gasteiger partial charge on any atom is -0.489 e. The standard InChI is InChI=1S/C23H17F3N2O3/c1-2-30-22-15(21(29)16-11-28-23-14(16)6-4-8-27-23)5-3-7-20(22)31-12-17-18(25)9-13(24)10-19(17)26/h3-11H,2,12H2,1H3,(H,27,28). The smallest absolute Gasteiger partial charge is 0.199 e. The van der Waals surface area contributed by atoms with Crippen molar-refractivity contribution < 1.29 is 27.4 Å². The molecule has 0 radical (unpaired) electrons. The van der Waals surface area contributed by atoms with E-state index >= 15 is 0 Å². The fraction of sp³-hybridized carbons (Fsp3) is 0.130. The number of ether oxygens (including phenoxy) is 2. The maximum atomic E-state index is 13.9. The average molecular weight is 426 g/mol. The zero-order chi connectivity index (χ0) is 22.0. The fourth-order valence-electron chi connectivity index (χ4n) is 3.25. The van der Waals surface area contributed by atoms with Crippen molar-refractivity contribution in [3.63, 3.8) is 0 Å². The molecule has 0 unspecified atom stereocenters. The van der Waals surface area contributed by atoms with Crippen LogP contribution >= 0.6 is 0 Å². The van der Waals surface area contributed by atoms with E-state index in [1.807, 2.05) is 0 Å². The van der Waals surface area contributed by atoms with Crippen molar-refractivity contribution in [1.29, 1.82) is 0 Å². The van der Waals surface area contributed by atoms with Gasteiger partial charge in [-0.15, -0.1) is 0 Å². The van der Waals surface area contributed by atoms with Gasteiger partial charge in [-0.25, -0.2) is 18.2 Å². The van der Waals surface area contributed by atoms with Crippen LogP contribution in [0.4, 0.5) is 13.2 Å². The normalized spacial score (nSPS) is 11.0. The number of ketones is 1. The third-order valence-electron chi connectivity index (χ3n) is 4.69. The molecule has 4 aromatic rings. The van der Waals surface area contributed by atoms with E-state index in [-0.39, 0.29) is 29.5 Å². The maximum Gasteiger partial charge on any atom is 0.199 e. The van der Waals surface area contributed by atoms with E-state index < -0.39 is 29.6 Å². The van der Waals surface area contributed by atoms with Gasteiger partial charge in [0.25, 0.3) is 0 Å². The van der Waals surface area contributed by atoms with Crippen LogP contribution in [-0.4, -0.2) is 22.4 Å². The SMILES string of the molecule is CCOc1c(OCc2c(F)cc(F)cc2F)cccc1C(=O)c1c[nH]c2ncccc12. The van der Waals surface area contributed by atoms with Gasteiger partial charge in [-0.1, -0.05) is 6.07 Å². The summed E-state index contributed by atoms with van der Waals surface area (Å²) in [5, 5.41) is 0.650. The minimum absolute atomic E-state index is 0.133. The molecular formula is C23H17F3N2O3. The number of nitrogens with one attached hydrogen (secondary N) is 1. The van der Waals surface area contributed by atoms with E-state index in [0.717, 1.165) is 0 Å². The zero-order valence-corrected chi connectivity index (χ0v) is 16.4. The second-order valence-corrected chi connectivity index (χ2v) is 6.63. The predicted octanol–water partition coefficient (Wildman–Crippen LogP) is 5.19. The lowest BCUT2D eigenvalue weighted by atomic mass is 10.0. The number of hydrogen-bond acceptors (Lipinski definition) is 4. The monoisotopic (exact) mass is 426 g/mol. The molecule has 0 aliphatic rings. The Morgan fingerprint density at radius 3 is 2.55 bits per heavy atom.